The first-order valence-electron chi connectivity index (χ1n) is 5.95. The quantitative estimate of drug-likeness (QED) is 0.920. The molecule has 0 bridgehead atoms. The zero-order valence-electron chi connectivity index (χ0n) is 10.7. The van der Waals surface area contributed by atoms with E-state index in [9.17, 15) is 13.2 Å². The highest BCUT2D eigenvalue weighted by molar-refractivity contribution is 5.71. The van der Waals surface area contributed by atoms with Crippen LogP contribution in [0.25, 0.3) is 11.1 Å². The maximum atomic E-state index is 12.4. The second-order valence-corrected chi connectivity index (χ2v) is 4.40. The summed E-state index contributed by atoms with van der Waals surface area (Å²) in [5, 5.41) is 8.98. The minimum Gasteiger partial charge on any atom is -0.405 e. The third-order valence-electron chi connectivity index (χ3n) is 2.81. The van der Waals surface area contributed by atoms with Crippen molar-refractivity contribution in [2.45, 2.75) is 19.9 Å². The lowest BCUT2D eigenvalue weighted by Crippen LogP contribution is -2.17. The van der Waals surface area contributed by atoms with Crippen molar-refractivity contribution in [3.63, 3.8) is 0 Å². The van der Waals surface area contributed by atoms with Crippen molar-refractivity contribution in [2.24, 2.45) is 0 Å². The van der Waals surface area contributed by atoms with Crippen LogP contribution in [0, 0.1) is 6.92 Å². The first-order valence-corrected chi connectivity index (χ1v) is 5.95. The summed E-state index contributed by atoms with van der Waals surface area (Å²) < 4.78 is 41.3. The highest BCUT2D eigenvalue weighted by atomic mass is 19.4. The van der Waals surface area contributed by atoms with E-state index in [1.165, 1.54) is 6.07 Å². The van der Waals surface area contributed by atoms with E-state index in [-0.39, 0.29) is 12.4 Å². The van der Waals surface area contributed by atoms with Gasteiger partial charge in [0, 0.05) is 5.56 Å². The monoisotopic (exact) mass is 282 g/mol. The van der Waals surface area contributed by atoms with Crippen LogP contribution in [0.4, 0.5) is 13.2 Å². The Balaban J connectivity index is 2.45. The van der Waals surface area contributed by atoms with Gasteiger partial charge in [0.1, 0.15) is 5.75 Å². The molecular weight excluding hydrogens is 269 g/mol. The Bertz CT molecular complexity index is 589. The summed E-state index contributed by atoms with van der Waals surface area (Å²) in [7, 11) is 0. The van der Waals surface area contributed by atoms with Gasteiger partial charge in [-0.15, -0.1) is 13.2 Å². The van der Waals surface area contributed by atoms with Gasteiger partial charge >= 0.3 is 6.36 Å². The third kappa shape index (κ3) is 3.51. The number of alkyl halides is 3. The maximum Gasteiger partial charge on any atom is 0.573 e. The molecule has 0 amide bonds. The van der Waals surface area contributed by atoms with E-state index < -0.39 is 6.36 Å². The van der Waals surface area contributed by atoms with Crippen LogP contribution in [-0.4, -0.2) is 11.5 Å². The molecular formula is C15H13F3O2. The van der Waals surface area contributed by atoms with Gasteiger partial charge in [-0.3, -0.25) is 0 Å². The maximum absolute atomic E-state index is 12.4. The molecule has 0 aliphatic heterocycles. The minimum absolute atomic E-state index is 0.111. The minimum atomic E-state index is -4.73. The Morgan fingerprint density at radius 2 is 1.70 bits per heavy atom. The normalized spacial score (nSPS) is 11.4. The van der Waals surface area contributed by atoms with Gasteiger partial charge in [-0.25, -0.2) is 0 Å². The summed E-state index contributed by atoms with van der Waals surface area (Å²) in [5.74, 6) is -0.236. The van der Waals surface area contributed by atoms with Gasteiger partial charge in [-0.1, -0.05) is 35.9 Å². The molecule has 0 fully saturated rings. The van der Waals surface area contributed by atoms with Gasteiger partial charge in [0.2, 0.25) is 0 Å². The van der Waals surface area contributed by atoms with Gasteiger partial charge in [-0.2, -0.15) is 0 Å². The Labute approximate surface area is 114 Å². The fourth-order valence-corrected chi connectivity index (χ4v) is 1.87. The van der Waals surface area contributed by atoms with Gasteiger partial charge in [-0.05, 0) is 30.2 Å². The van der Waals surface area contributed by atoms with Crippen molar-refractivity contribution in [1.82, 2.24) is 0 Å². The highest BCUT2D eigenvalue weighted by Crippen LogP contribution is 2.34. The van der Waals surface area contributed by atoms with Crippen LogP contribution in [0.1, 0.15) is 11.1 Å². The first-order chi connectivity index (χ1) is 9.39. The molecule has 0 aromatic heterocycles. The molecule has 0 aliphatic rings. The fraction of sp³-hybridized carbons (Fsp3) is 0.200. The number of aryl methyl sites for hydroxylation is 1. The van der Waals surface area contributed by atoms with Crippen LogP contribution < -0.4 is 4.74 Å². The Kier molecular flexibility index (Phi) is 3.99. The Hall–Kier alpha value is -2.01. The van der Waals surface area contributed by atoms with E-state index in [1.54, 1.807) is 43.3 Å². The molecule has 0 saturated heterocycles. The van der Waals surface area contributed by atoms with Crippen LogP contribution in [0.2, 0.25) is 0 Å². The van der Waals surface area contributed by atoms with Gasteiger partial charge in [0.25, 0.3) is 0 Å². The number of benzene rings is 2. The predicted octanol–water partition coefficient (Wildman–Crippen LogP) is 4.05. The molecule has 2 nitrogen and oxygen atoms in total. The van der Waals surface area contributed by atoms with Crippen molar-refractivity contribution in [2.75, 3.05) is 0 Å². The van der Waals surface area contributed by atoms with E-state index in [1.807, 2.05) is 0 Å². The average molecular weight is 282 g/mol. The van der Waals surface area contributed by atoms with Crippen molar-refractivity contribution in [3.8, 4) is 16.9 Å². The van der Waals surface area contributed by atoms with E-state index in [0.717, 1.165) is 5.56 Å². The summed E-state index contributed by atoms with van der Waals surface area (Å²) in [6.45, 7) is 1.68. The molecule has 1 N–H and O–H groups in total. The molecule has 106 valence electrons. The van der Waals surface area contributed by atoms with Crippen LogP contribution in [-0.2, 0) is 6.61 Å². The highest BCUT2D eigenvalue weighted by Gasteiger charge is 2.32. The van der Waals surface area contributed by atoms with Crippen molar-refractivity contribution in [3.05, 3.63) is 53.6 Å². The summed E-state index contributed by atoms with van der Waals surface area (Å²) in [6.07, 6.45) is -4.73. The molecule has 2 aromatic carbocycles. The van der Waals surface area contributed by atoms with Crippen molar-refractivity contribution in [1.29, 1.82) is 0 Å². The van der Waals surface area contributed by atoms with Crippen LogP contribution in [0.15, 0.2) is 42.5 Å². The molecule has 0 unspecified atom stereocenters. The number of halogens is 3. The van der Waals surface area contributed by atoms with Crippen molar-refractivity contribution >= 4 is 0 Å². The smallest absolute Gasteiger partial charge is 0.405 e. The molecule has 2 rings (SSSR count). The molecule has 0 atom stereocenters. The molecule has 0 heterocycles. The molecule has 2 aromatic rings. The Morgan fingerprint density at radius 1 is 1.05 bits per heavy atom. The second kappa shape index (κ2) is 5.54. The van der Waals surface area contributed by atoms with E-state index in [2.05, 4.69) is 4.74 Å². The number of aliphatic hydroxyl groups is 1. The van der Waals surface area contributed by atoms with Crippen molar-refractivity contribution < 1.29 is 23.0 Å². The zero-order chi connectivity index (χ0) is 14.8. The zero-order valence-corrected chi connectivity index (χ0v) is 10.7. The average Bonchev–Trinajstić information content (AvgIpc) is 2.39. The van der Waals surface area contributed by atoms with Crippen LogP contribution in [0.3, 0.4) is 0 Å². The first kappa shape index (κ1) is 14.4. The third-order valence-corrected chi connectivity index (χ3v) is 2.81. The van der Waals surface area contributed by atoms with Gasteiger partial charge < -0.3 is 9.84 Å². The predicted molar refractivity (Wildman–Crippen MR) is 69.2 cm³/mol. The summed E-state index contributed by atoms with van der Waals surface area (Å²) in [4.78, 5) is 0. The van der Waals surface area contributed by atoms with E-state index >= 15 is 0 Å². The standard InChI is InChI=1S/C15H13F3O2/c1-10-2-7-14(20-15(16,17)18)13(8-10)12-5-3-11(9-19)4-6-12/h2-8,19H,9H2,1H3. The number of hydrogen-bond donors (Lipinski definition) is 1. The Morgan fingerprint density at radius 3 is 2.25 bits per heavy atom. The SMILES string of the molecule is Cc1ccc(OC(F)(F)F)c(-c2ccc(CO)cc2)c1. The number of aliphatic hydroxyl groups excluding tert-OH is 1. The molecule has 0 spiro atoms. The number of hydrogen-bond acceptors (Lipinski definition) is 2. The van der Waals surface area contributed by atoms with E-state index in [4.69, 9.17) is 5.11 Å². The van der Waals surface area contributed by atoms with E-state index in [0.29, 0.717) is 16.7 Å². The molecule has 0 radical (unpaired) electrons. The summed E-state index contributed by atoms with van der Waals surface area (Å²) in [6, 6.07) is 11.1. The summed E-state index contributed by atoms with van der Waals surface area (Å²) >= 11 is 0. The lowest BCUT2D eigenvalue weighted by molar-refractivity contribution is -0.274. The van der Waals surface area contributed by atoms with Crippen LogP contribution >= 0.6 is 0 Å². The van der Waals surface area contributed by atoms with Gasteiger partial charge in [0.05, 0.1) is 6.61 Å². The molecule has 0 aliphatic carbocycles. The lowest BCUT2D eigenvalue weighted by Gasteiger charge is -2.14. The lowest BCUT2D eigenvalue weighted by atomic mass is 10.0. The second-order valence-electron chi connectivity index (χ2n) is 4.40. The largest absolute Gasteiger partial charge is 0.573 e. The van der Waals surface area contributed by atoms with Crippen LogP contribution in [0.5, 0.6) is 5.75 Å². The fourth-order valence-electron chi connectivity index (χ4n) is 1.87. The molecule has 0 saturated carbocycles. The topological polar surface area (TPSA) is 29.5 Å². The number of ether oxygens (including phenoxy) is 1. The molecule has 5 heteroatoms. The summed E-state index contributed by atoms with van der Waals surface area (Å²) in [5.41, 5.74) is 2.50. The number of rotatable bonds is 3. The molecule has 20 heavy (non-hydrogen) atoms. The van der Waals surface area contributed by atoms with Gasteiger partial charge in [0.15, 0.2) is 0 Å².